The Balaban J connectivity index is 1.57. The third-order valence-corrected chi connectivity index (χ3v) is 5.62. The Morgan fingerprint density at radius 1 is 0.902 bits per heavy atom. The first-order valence-electron chi connectivity index (χ1n) is 11.9. The predicted octanol–water partition coefficient (Wildman–Crippen LogP) is 4.98. The highest BCUT2D eigenvalue weighted by Crippen LogP contribution is 2.36. The van der Waals surface area contributed by atoms with Crippen LogP contribution in [0.25, 0.3) is 0 Å². The number of rotatable bonds is 10. The van der Waals surface area contributed by atoms with Crippen molar-refractivity contribution >= 4 is 51.2 Å². The molecule has 3 aromatic rings. The Morgan fingerprint density at radius 3 is 2.37 bits per heavy atom. The smallest absolute Gasteiger partial charge is 0.418 e. The van der Waals surface area contributed by atoms with Crippen molar-refractivity contribution in [2.24, 2.45) is 5.10 Å². The molecular weight excluding hydrogens is 613 g/mol. The van der Waals surface area contributed by atoms with Gasteiger partial charge in [0.15, 0.2) is 18.1 Å². The molecule has 3 rings (SSSR count). The molecule has 216 valence electrons. The second-order valence-electron chi connectivity index (χ2n) is 8.02. The van der Waals surface area contributed by atoms with Gasteiger partial charge in [0.1, 0.15) is 5.75 Å². The molecule has 0 atom stereocenters. The first kappa shape index (κ1) is 30.9. The third-order valence-electron chi connectivity index (χ3n) is 5.13. The quantitative estimate of drug-likeness (QED) is 0.164. The van der Waals surface area contributed by atoms with Crippen LogP contribution >= 0.6 is 15.9 Å². The Bertz CT molecular complexity index is 1450. The molecule has 0 aliphatic rings. The fourth-order valence-corrected chi connectivity index (χ4v) is 3.68. The first-order chi connectivity index (χ1) is 19.5. The van der Waals surface area contributed by atoms with Crippen LogP contribution < -0.4 is 30.3 Å². The molecule has 41 heavy (non-hydrogen) atoms. The van der Waals surface area contributed by atoms with E-state index in [0.717, 1.165) is 12.1 Å². The van der Waals surface area contributed by atoms with Gasteiger partial charge in [0.05, 0.1) is 36.9 Å². The average Bonchev–Trinajstić information content (AvgIpc) is 2.93. The molecule has 3 N–H and O–H groups in total. The Labute approximate surface area is 241 Å². The summed E-state index contributed by atoms with van der Waals surface area (Å²) in [6.45, 7) is 1.55. The molecule has 0 radical (unpaired) electrons. The first-order valence-corrected chi connectivity index (χ1v) is 12.6. The summed E-state index contributed by atoms with van der Waals surface area (Å²) in [5.41, 5.74) is 1.44. The molecule has 0 bridgehead atoms. The molecule has 0 saturated heterocycles. The van der Waals surface area contributed by atoms with Crippen molar-refractivity contribution in [2.45, 2.75) is 13.1 Å². The van der Waals surface area contributed by atoms with Crippen LogP contribution in [0.4, 0.5) is 24.5 Å². The second kappa shape index (κ2) is 14.2. The van der Waals surface area contributed by atoms with Gasteiger partial charge in [-0.3, -0.25) is 14.4 Å². The molecule has 0 aliphatic carbocycles. The van der Waals surface area contributed by atoms with E-state index >= 15 is 0 Å². The van der Waals surface area contributed by atoms with Crippen LogP contribution in [0.5, 0.6) is 17.2 Å². The van der Waals surface area contributed by atoms with E-state index in [2.05, 4.69) is 37.1 Å². The van der Waals surface area contributed by atoms with Gasteiger partial charge in [-0.15, -0.1) is 0 Å². The molecule has 0 heterocycles. The lowest BCUT2D eigenvalue weighted by molar-refractivity contribution is -0.137. The summed E-state index contributed by atoms with van der Waals surface area (Å²) in [6, 6.07) is 14.4. The van der Waals surface area contributed by atoms with Crippen molar-refractivity contribution in [3.63, 3.8) is 0 Å². The zero-order valence-electron chi connectivity index (χ0n) is 21.7. The SMILES string of the molecule is CCOc1ccccc1NC(=O)C(=O)N/N=C\c1ccc(OCC(=O)Nc2ccc(Br)cc2C(F)(F)F)c(OC)c1. The number of benzene rings is 3. The van der Waals surface area contributed by atoms with Crippen LogP contribution in [0.2, 0.25) is 0 Å². The van der Waals surface area contributed by atoms with Gasteiger partial charge in [0.2, 0.25) is 0 Å². The molecule has 0 unspecified atom stereocenters. The van der Waals surface area contributed by atoms with E-state index in [4.69, 9.17) is 14.2 Å². The summed E-state index contributed by atoms with van der Waals surface area (Å²) < 4.78 is 56.1. The minimum Gasteiger partial charge on any atom is -0.493 e. The predicted molar refractivity (Wildman–Crippen MR) is 148 cm³/mol. The lowest BCUT2D eigenvalue weighted by Gasteiger charge is -2.15. The van der Waals surface area contributed by atoms with E-state index in [9.17, 15) is 27.6 Å². The molecule has 3 amide bonds. The molecule has 0 aromatic heterocycles. The number of halogens is 4. The monoisotopic (exact) mass is 636 g/mol. The topological polar surface area (TPSA) is 127 Å². The zero-order chi connectivity index (χ0) is 30.0. The van der Waals surface area contributed by atoms with Gasteiger partial charge in [-0.1, -0.05) is 28.1 Å². The minimum atomic E-state index is -4.67. The van der Waals surface area contributed by atoms with E-state index in [0.29, 0.717) is 23.6 Å². The summed E-state index contributed by atoms with van der Waals surface area (Å²) in [5, 5.41) is 8.38. The molecule has 10 nitrogen and oxygen atoms in total. The van der Waals surface area contributed by atoms with E-state index in [-0.39, 0.29) is 16.0 Å². The summed E-state index contributed by atoms with van der Waals surface area (Å²) >= 11 is 2.98. The van der Waals surface area contributed by atoms with Crippen molar-refractivity contribution in [3.8, 4) is 17.2 Å². The lowest BCUT2D eigenvalue weighted by Crippen LogP contribution is -2.32. The number of nitrogens with zero attached hydrogens (tertiary/aromatic N) is 1. The maximum absolute atomic E-state index is 13.3. The number of carbonyl (C=O) groups excluding carboxylic acids is 3. The Kier molecular flexibility index (Phi) is 10.7. The number of methoxy groups -OCH3 is 1. The molecule has 0 spiro atoms. The van der Waals surface area contributed by atoms with Crippen LogP contribution in [-0.2, 0) is 20.6 Å². The fourth-order valence-electron chi connectivity index (χ4n) is 3.32. The van der Waals surface area contributed by atoms with Gasteiger partial charge in [0.25, 0.3) is 5.91 Å². The number of hydrazone groups is 1. The fraction of sp³-hybridized carbons (Fsp3) is 0.185. The number of ether oxygens (including phenoxy) is 3. The van der Waals surface area contributed by atoms with E-state index in [1.165, 1.54) is 37.6 Å². The summed E-state index contributed by atoms with van der Waals surface area (Å²) in [7, 11) is 1.34. The highest BCUT2D eigenvalue weighted by Gasteiger charge is 2.34. The second-order valence-corrected chi connectivity index (χ2v) is 8.93. The summed E-state index contributed by atoms with van der Waals surface area (Å²) in [5.74, 6) is -2.09. The number of alkyl halides is 3. The van der Waals surface area contributed by atoms with Gasteiger partial charge >= 0.3 is 18.0 Å². The largest absolute Gasteiger partial charge is 0.493 e. The summed E-state index contributed by atoms with van der Waals surface area (Å²) in [6.07, 6.45) is -3.43. The van der Waals surface area contributed by atoms with Crippen LogP contribution in [0.3, 0.4) is 0 Å². The number of hydrogen-bond acceptors (Lipinski definition) is 7. The lowest BCUT2D eigenvalue weighted by atomic mass is 10.1. The van der Waals surface area contributed by atoms with Crippen molar-refractivity contribution < 1.29 is 41.8 Å². The minimum absolute atomic E-state index is 0.128. The van der Waals surface area contributed by atoms with E-state index < -0.39 is 41.8 Å². The number of anilines is 2. The van der Waals surface area contributed by atoms with Gasteiger partial charge < -0.3 is 24.8 Å². The maximum atomic E-state index is 13.3. The van der Waals surface area contributed by atoms with Crippen molar-refractivity contribution in [1.29, 1.82) is 0 Å². The number of carbonyl (C=O) groups is 3. The number of hydrogen-bond donors (Lipinski definition) is 3. The molecule has 0 fully saturated rings. The maximum Gasteiger partial charge on any atom is 0.418 e. The number of amides is 3. The van der Waals surface area contributed by atoms with Crippen LogP contribution in [-0.4, -0.2) is 44.3 Å². The van der Waals surface area contributed by atoms with E-state index in [1.54, 1.807) is 31.2 Å². The molecule has 0 aliphatic heterocycles. The van der Waals surface area contributed by atoms with Gasteiger partial charge in [-0.25, -0.2) is 5.43 Å². The molecule has 3 aromatic carbocycles. The van der Waals surface area contributed by atoms with Crippen molar-refractivity contribution in [2.75, 3.05) is 31.0 Å². The Morgan fingerprint density at radius 2 is 1.66 bits per heavy atom. The van der Waals surface area contributed by atoms with Crippen LogP contribution in [0, 0.1) is 0 Å². The van der Waals surface area contributed by atoms with Crippen LogP contribution in [0.1, 0.15) is 18.1 Å². The third kappa shape index (κ3) is 8.96. The normalized spacial score (nSPS) is 11.1. The number of nitrogens with one attached hydrogen (secondary N) is 3. The average molecular weight is 637 g/mol. The standard InChI is InChI=1S/C27H24BrF3N4O6/c1-3-40-21-7-5-4-6-20(21)34-25(37)26(38)35-32-14-16-8-11-22(23(12-16)39-2)41-15-24(36)33-19-10-9-17(28)13-18(19)27(29,30)31/h4-14H,3,15H2,1-2H3,(H,33,36)(H,34,37)(H,35,38)/b32-14-. The highest BCUT2D eigenvalue weighted by molar-refractivity contribution is 9.10. The van der Waals surface area contributed by atoms with Crippen molar-refractivity contribution in [3.05, 3.63) is 76.3 Å². The summed E-state index contributed by atoms with van der Waals surface area (Å²) in [4.78, 5) is 36.6. The number of para-hydroxylation sites is 2. The molecule has 0 saturated carbocycles. The van der Waals surface area contributed by atoms with Gasteiger partial charge in [-0.2, -0.15) is 18.3 Å². The molecule has 14 heteroatoms. The van der Waals surface area contributed by atoms with Gasteiger partial charge in [-0.05, 0) is 61.0 Å². The Hall–Kier alpha value is -4.59. The highest BCUT2D eigenvalue weighted by atomic mass is 79.9. The van der Waals surface area contributed by atoms with Crippen molar-refractivity contribution in [1.82, 2.24) is 5.43 Å². The van der Waals surface area contributed by atoms with Crippen LogP contribution in [0.15, 0.2) is 70.2 Å². The molecular formula is C27H24BrF3N4O6. The van der Waals surface area contributed by atoms with E-state index in [1.807, 2.05) is 0 Å². The zero-order valence-corrected chi connectivity index (χ0v) is 23.3. The van der Waals surface area contributed by atoms with Gasteiger partial charge in [0, 0.05) is 4.47 Å².